The minimum atomic E-state index is 0.582. The Labute approximate surface area is 113 Å². The molecule has 1 aromatic rings. The summed E-state index contributed by atoms with van der Waals surface area (Å²) in [6.45, 7) is 1.28. The number of methoxy groups -OCH3 is 1. The molecule has 0 unspecified atom stereocenters. The molecular weight excluding hydrogens is 248 g/mol. The van der Waals surface area contributed by atoms with Gasteiger partial charge in [-0.1, -0.05) is 0 Å². The Morgan fingerprint density at radius 1 is 1.28 bits per heavy atom. The van der Waals surface area contributed by atoms with Crippen molar-refractivity contribution in [2.45, 2.75) is 18.9 Å². The second-order valence-corrected chi connectivity index (χ2v) is 4.61. The van der Waals surface area contributed by atoms with Crippen LogP contribution in [0.3, 0.4) is 0 Å². The first-order chi connectivity index (χ1) is 8.78. The molecule has 0 saturated heterocycles. The molecule has 1 fully saturated rings. The standard InChI is InChI=1S/C13H18N2O2S/c1-16-11-4-6-12(7-5-11)17-9-8-14-13(18)15-10-2-3-10/h4-7,10H,2-3,8-9H2,1H3,(H2,14,15,18). The highest BCUT2D eigenvalue weighted by Crippen LogP contribution is 2.18. The molecule has 2 N–H and O–H groups in total. The van der Waals surface area contributed by atoms with Gasteiger partial charge in [0.2, 0.25) is 0 Å². The Balaban J connectivity index is 1.60. The lowest BCUT2D eigenvalue weighted by Gasteiger charge is -2.10. The van der Waals surface area contributed by atoms with E-state index in [1.165, 1.54) is 12.8 Å². The molecule has 1 aliphatic rings. The third-order valence-corrected chi connectivity index (χ3v) is 2.89. The molecule has 1 aromatic carbocycles. The lowest BCUT2D eigenvalue weighted by molar-refractivity contribution is 0.321. The van der Waals surface area contributed by atoms with Gasteiger partial charge >= 0.3 is 0 Å². The van der Waals surface area contributed by atoms with Crippen molar-refractivity contribution in [2.24, 2.45) is 0 Å². The van der Waals surface area contributed by atoms with Crippen LogP contribution in [-0.4, -0.2) is 31.4 Å². The van der Waals surface area contributed by atoms with Crippen LogP contribution in [0.5, 0.6) is 11.5 Å². The van der Waals surface area contributed by atoms with E-state index in [1.807, 2.05) is 24.3 Å². The summed E-state index contributed by atoms with van der Waals surface area (Å²) >= 11 is 5.14. The van der Waals surface area contributed by atoms with Crippen LogP contribution in [0.4, 0.5) is 0 Å². The zero-order chi connectivity index (χ0) is 12.8. The van der Waals surface area contributed by atoms with Crippen LogP contribution in [0.2, 0.25) is 0 Å². The number of rotatable bonds is 6. The van der Waals surface area contributed by atoms with E-state index in [9.17, 15) is 0 Å². The summed E-state index contributed by atoms with van der Waals surface area (Å²) in [5.41, 5.74) is 0. The molecule has 0 aromatic heterocycles. The summed E-state index contributed by atoms with van der Waals surface area (Å²) < 4.78 is 10.6. The fraction of sp³-hybridized carbons (Fsp3) is 0.462. The fourth-order valence-electron chi connectivity index (χ4n) is 1.47. The number of thiocarbonyl (C=S) groups is 1. The topological polar surface area (TPSA) is 42.5 Å². The van der Waals surface area contributed by atoms with Gasteiger partial charge in [-0.05, 0) is 49.3 Å². The zero-order valence-corrected chi connectivity index (χ0v) is 11.3. The van der Waals surface area contributed by atoms with Crippen LogP contribution in [0.25, 0.3) is 0 Å². The average Bonchev–Trinajstić information content (AvgIpc) is 3.19. The monoisotopic (exact) mass is 266 g/mol. The van der Waals surface area contributed by atoms with Crippen LogP contribution >= 0.6 is 12.2 Å². The molecular formula is C13H18N2O2S. The Hall–Kier alpha value is -1.49. The maximum atomic E-state index is 5.57. The van der Waals surface area contributed by atoms with E-state index in [1.54, 1.807) is 7.11 Å². The minimum absolute atomic E-state index is 0.582. The highest BCUT2D eigenvalue weighted by molar-refractivity contribution is 7.80. The van der Waals surface area contributed by atoms with E-state index in [2.05, 4.69) is 10.6 Å². The molecule has 0 bridgehead atoms. The first-order valence-electron chi connectivity index (χ1n) is 6.09. The second-order valence-electron chi connectivity index (χ2n) is 4.20. The average molecular weight is 266 g/mol. The lowest BCUT2D eigenvalue weighted by Crippen LogP contribution is -2.38. The first-order valence-corrected chi connectivity index (χ1v) is 6.50. The summed E-state index contributed by atoms with van der Waals surface area (Å²) in [5.74, 6) is 1.66. The van der Waals surface area contributed by atoms with Gasteiger partial charge in [0, 0.05) is 6.04 Å². The molecule has 5 heteroatoms. The third-order valence-electron chi connectivity index (χ3n) is 2.63. The molecule has 18 heavy (non-hydrogen) atoms. The highest BCUT2D eigenvalue weighted by atomic mass is 32.1. The van der Waals surface area contributed by atoms with Crippen molar-refractivity contribution in [3.05, 3.63) is 24.3 Å². The van der Waals surface area contributed by atoms with Crippen LogP contribution in [-0.2, 0) is 0 Å². The summed E-state index contributed by atoms with van der Waals surface area (Å²) in [7, 11) is 1.65. The molecule has 0 radical (unpaired) electrons. The maximum absolute atomic E-state index is 5.57. The molecule has 1 saturated carbocycles. The smallest absolute Gasteiger partial charge is 0.166 e. The van der Waals surface area contributed by atoms with Gasteiger partial charge in [0.1, 0.15) is 18.1 Å². The van der Waals surface area contributed by atoms with Gasteiger partial charge in [-0.3, -0.25) is 0 Å². The van der Waals surface area contributed by atoms with Gasteiger partial charge in [0.05, 0.1) is 13.7 Å². The van der Waals surface area contributed by atoms with Gasteiger partial charge in [0.15, 0.2) is 5.11 Å². The van der Waals surface area contributed by atoms with Crippen LogP contribution in [0.15, 0.2) is 24.3 Å². The predicted molar refractivity (Wildman–Crippen MR) is 75.2 cm³/mol. The molecule has 98 valence electrons. The Morgan fingerprint density at radius 3 is 2.56 bits per heavy atom. The SMILES string of the molecule is COc1ccc(OCCNC(=S)NC2CC2)cc1. The van der Waals surface area contributed by atoms with Crippen LogP contribution in [0, 0.1) is 0 Å². The molecule has 0 aliphatic heterocycles. The zero-order valence-electron chi connectivity index (χ0n) is 10.4. The minimum Gasteiger partial charge on any atom is -0.497 e. The number of nitrogens with one attached hydrogen (secondary N) is 2. The van der Waals surface area contributed by atoms with E-state index in [-0.39, 0.29) is 0 Å². The molecule has 0 atom stereocenters. The number of hydrogen-bond acceptors (Lipinski definition) is 3. The summed E-state index contributed by atoms with van der Waals surface area (Å²) in [6, 6.07) is 8.12. The van der Waals surface area contributed by atoms with E-state index in [4.69, 9.17) is 21.7 Å². The number of ether oxygens (including phenoxy) is 2. The van der Waals surface area contributed by atoms with Gasteiger partial charge in [0.25, 0.3) is 0 Å². The molecule has 0 amide bonds. The summed E-state index contributed by atoms with van der Waals surface area (Å²) in [6.07, 6.45) is 2.45. The summed E-state index contributed by atoms with van der Waals surface area (Å²) in [4.78, 5) is 0. The summed E-state index contributed by atoms with van der Waals surface area (Å²) in [5, 5.41) is 7.05. The maximum Gasteiger partial charge on any atom is 0.166 e. The Kier molecular flexibility index (Phi) is 4.64. The largest absolute Gasteiger partial charge is 0.497 e. The number of hydrogen-bond donors (Lipinski definition) is 2. The number of benzene rings is 1. The van der Waals surface area contributed by atoms with E-state index >= 15 is 0 Å². The van der Waals surface area contributed by atoms with Crippen molar-refractivity contribution in [1.29, 1.82) is 0 Å². The third kappa shape index (κ3) is 4.41. The van der Waals surface area contributed by atoms with Crippen molar-refractivity contribution in [3.63, 3.8) is 0 Å². The molecule has 4 nitrogen and oxygen atoms in total. The molecule has 1 aliphatic carbocycles. The fourth-order valence-corrected chi connectivity index (χ4v) is 1.74. The van der Waals surface area contributed by atoms with Gasteiger partial charge in [-0.2, -0.15) is 0 Å². The van der Waals surface area contributed by atoms with Crippen molar-refractivity contribution >= 4 is 17.3 Å². The molecule has 0 spiro atoms. The van der Waals surface area contributed by atoms with Crippen molar-refractivity contribution in [2.75, 3.05) is 20.3 Å². The van der Waals surface area contributed by atoms with Crippen molar-refractivity contribution in [3.8, 4) is 11.5 Å². The molecule has 0 heterocycles. The van der Waals surface area contributed by atoms with Crippen LogP contribution in [0.1, 0.15) is 12.8 Å². The van der Waals surface area contributed by atoms with Crippen molar-refractivity contribution in [1.82, 2.24) is 10.6 Å². The van der Waals surface area contributed by atoms with Crippen LogP contribution < -0.4 is 20.1 Å². The van der Waals surface area contributed by atoms with E-state index < -0.39 is 0 Å². The van der Waals surface area contributed by atoms with Gasteiger partial charge < -0.3 is 20.1 Å². The second kappa shape index (κ2) is 6.44. The quantitative estimate of drug-likeness (QED) is 0.606. The Morgan fingerprint density at radius 2 is 1.94 bits per heavy atom. The normalized spacial score (nSPS) is 13.8. The van der Waals surface area contributed by atoms with Gasteiger partial charge in [-0.15, -0.1) is 0 Å². The predicted octanol–water partition coefficient (Wildman–Crippen LogP) is 1.70. The highest BCUT2D eigenvalue weighted by Gasteiger charge is 2.21. The van der Waals surface area contributed by atoms with Crippen molar-refractivity contribution < 1.29 is 9.47 Å². The first kappa shape index (κ1) is 13.0. The van der Waals surface area contributed by atoms with E-state index in [0.717, 1.165) is 16.6 Å². The van der Waals surface area contributed by atoms with E-state index in [0.29, 0.717) is 19.2 Å². The Bertz CT molecular complexity index is 390. The van der Waals surface area contributed by atoms with Gasteiger partial charge in [-0.25, -0.2) is 0 Å². The lowest BCUT2D eigenvalue weighted by atomic mass is 10.3. The molecule has 2 rings (SSSR count).